The molecule has 0 radical (unpaired) electrons. The summed E-state index contributed by atoms with van der Waals surface area (Å²) < 4.78 is 22.4. The van der Waals surface area contributed by atoms with Gasteiger partial charge in [0, 0.05) is 0 Å². The van der Waals surface area contributed by atoms with E-state index in [0.29, 0.717) is 0 Å². The summed E-state index contributed by atoms with van der Waals surface area (Å²) in [4.78, 5) is 37.0. The van der Waals surface area contributed by atoms with Crippen molar-refractivity contribution in [3.63, 3.8) is 0 Å². The lowest BCUT2D eigenvalue weighted by Gasteiger charge is -2.32. The van der Waals surface area contributed by atoms with Crippen molar-refractivity contribution >= 4 is 17.9 Å². The van der Waals surface area contributed by atoms with Crippen LogP contribution < -0.4 is 0 Å². The third kappa shape index (κ3) is 2.62. The molecule has 1 saturated carbocycles. The Kier molecular flexibility index (Phi) is 4.43. The van der Waals surface area contributed by atoms with E-state index >= 15 is 0 Å². The van der Waals surface area contributed by atoms with Crippen molar-refractivity contribution in [3.05, 3.63) is 0 Å². The molecular formula is C18H24O8. The van der Waals surface area contributed by atoms with Crippen LogP contribution in [0.15, 0.2) is 0 Å². The molecule has 3 saturated heterocycles. The Morgan fingerprint density at radius 1 is 1.23 bits per heavy atom. The Morgan fingerprint density at radius 3 is 2.62 bits per heavy atom. The minimum absolute atomic E-state index is 0.161. The monoisotopic (exact) mass is 368 g/mol. The molecule has 0 spiro atoms. The molecule has 0 aromatic carbocycles. The Morgan fingerprint density at radius 2 is 1.96 bits per heavy atom. The third-order valence-corrected chi connectivity index (χ3v) is 6.24. The molecule has 4 fully saturated rings. The number of carbonyl (C=O) groups excluding carboxylic acids is 3. The van der Waals surface area contributed by atoms with Gasteiger partial charge in [-0.2, -0.15) is 0 Å². The summed E-state index contributed by atoms with van der Waals surface area (Å²) in [6.07, 6.45) is 1.40. The van der Waals surface area contributed by atoms with E-state index in [-0.39, 0.29) is 13.0 Å². The predicted molar refractivity (Wildman–Crippen MR) is 84.7 cm³/mol. The summed E-state index contributed by atoms with van der Waals surface area (Å²) >= 11 is 0. The van der Waals surface area contributed by atoms with Gasteiger partial charge in [0.15, 0.2) is 12.2 Å². The van der Waals surface area contributed by atoms with E-state index in [1.54, 1.807) is 0 Å². The molecule has 0 amide bonds. The van der Waals surface area contributed by atoms with Crippen LogP contribution in [0.2, 0.25) is 0 Å². The molecule has 8 nitrogen and oxygen atoms in total. The van der Waals surface area contributed by atoms with Crippen LogP contribution in [-0.4, -0.2) is 59.6 Å². The SMILES string of the molecule is CCC1(OC(=O)C2C3OC4C(OC(=O)C42)C3OC(=O)CCO)CCCC1. The standard InChI is InChI=1S/C18H24O8/c1-2-18(6-3-4-7-18)26-17(22)11-10-12-15(25-16(10)21)14(13(11)24-12)23-9(20)5-8-19/h10-15,19H,2-8H2,1H3. The van der Waals surface area contributed by atoms with Crippen molar-refractivity contribution < 1.29 is 38.4 Å². The van der Waals surface area contributed by atoms with Crippen molar-refractivity contribution in [1.82, 2.24) is 0 Å². The van der Waals surface area contributed by atoms with Crippen LogP contribution in [0, 0.1) is 11.8 Å². The van der Waals surface area contributed by atoms with E-state index in [1.165, 1.54) is 0 Å². The first-order chi connectivity index (χ1) is 12.5. The number of rotatable bonds is 6. The minimum Gasteiger partial charge on any atom is -0.459 e. The molecule has 2 bridgehead atoms. The highest BCUT2D eigenvalue weighted by Crippen LogP contribution is 2.52. The van der Waals surface area contributed by atoms with E-state index in [9.17, 15) is 14.4 Å². The van der Waals surface area contributed by atoms with Crippen LogP contribution >= 0.6 is 0 Å². The zero-order valence-electron chi connectivity index (χ0n) is 14.7. The number of aliphatic hydroxyl groups is 1. The smallest absolute Gasteiger partial charge is 0.313 e. The molecule has 6 atom stereocenters. The second kappa shape index (κ2) is 6.49. The number of hydrogen-bond donors (Lipinski definition) is 1. The second-order valence-corrected chi connectivity index (χ2v) is 7.61. The van der Waals surface area contributed by atoms with Gasteiger partial charge in [0.05, 0.1) is 13.0 Å². The molecule has 6 unspecified atom stereocenters. The van der Waals surface area contributed by atoms with Crippen molar-refractivity contribution in [2.45, 2.75) is 75.5 Å². The maximum atomic E-state index is 13.0. The van der Waals surface area contributed by atoms with Crippen LogP contribution in [0.5, 0.6) is 0 Å². The topological polar surface area (TPSA) is 108 Å². The first kappa shape index (κ1) is 17.7. The summed E-state index contributed by atoms with van der Waals surface area (Å²) in [5.41, 5.74) is -0.468. The average Bonchev–Trinajstić information content (AvgIpc) is 3.33. The Hall–Kier alpha value is -1.67. The molecule has 26 heavy (non-hydrogen) atoms. The van der Waals surface area contributed by atoms with Gasteiger partial charge in [0.1, 0.15) is 29.6 Å². The van der Waals surface area contributed by atoms with Crippen LogP contribution in [0.4, 0.5) is 0 Å². The molecule has 8 heteroatoms. The zero-order chi connectivity index (χ0) is 18.5. The molecule has 4 rings (SSSR count). The van der Waals surface area contributed by atoms with E-state index in [1.807, 2.05) is 6.92 Å². The van der Waals surface area contributed by atoms with E-state index in [0.717, 1.165) is 32.1 Å². The lowest BCUT2D eigenvalue weighted by molar-refractivity contribution is -0.173. The number of hydrogen-bond acceptors (Lipinski definition) is 8. The minimum atomic E-state index is -0.833. The summed E-state index contributed by atoms with van der Waals surface area (Å²) in [6.45, 7) is 1.66. The highest BCUT2D eigenvalue weighted by atomic mass is 16.7. The molecule has 3 aliphatic heterocycles. The molecule has 1 N–H and O–H groups in total. The Labute approximate surface area is 151 Å². The Bertz CT molecular complexity index is 610. The fourth-order valence-electron chi connectivity index (χ4n) is 4.87. The fraction of sp³-hybridized carbons (Fsp3) is 0.833. The van der Waals surface area contributed by atoms with Crippen molar-refractivity contribution in [2.75, 3.05) is 6.61 Å². The molecule has 3 heterocycles. The summed E-state index contributed by atoms with van der Waals surface area (Å²) in [5.74, 6) is -3.09. The molecule has 4 aliphatic rings. The highest BCUT2D eigenvalue weighted by Gasteiger charge is 2.72. The fourth-order valence-corrected chi connectivity index (χ4v) is 4.87. The van der Waals surface area contributed by atoms with E-state index in [2.05, 4.69) is 0 Å². The van der Waals surface area contributed by atoms with Crippen molar-refractivity contribution in [3.8, 4) is 0 Å². The summed E-state index contributed by atoms with van der Waals surface area (Å²) in [5, 5.41) is 8.88. The summed E-state index contributed by atoms with van der Waals surface area (Å²) in [7, 11) is 0. The molecule has 0 aromatic rings. The Balaban J connectivity index is 1.53. The van der Waals surface area contributed by atoms with Gasteiger partial charge >= 0.3 is 17.9 Å². The van der Waals surface area contributed by atoms with Crippen LogP contribution in [0.1, 0.15) is 45.4 Å². The van der Waals surface area contributed by atoms with Gasteiger partial charge in [-0.1, -0.05) is 6.92 Å². The predicted octanol–water partition coefficient (Wildman–Crippen LogP) is 0.485. The van der Waals surface area contributed by atoms with Crippen molar-refractivity contribution in [1.29, 1.82) is 0 Å². The quantitative estimate of drug-likeness (QED) is 0.533. The largest absolute Gasteiger partial charge is 0.459 e. The van der Waals surface area contributed by atoms with Crippen LogP contribution in [0.25, 0.3) is 0 Å². The van der Waals surface area contributed by atoms with Gasteiger partial charge in [-0.05, 0) is 32.1 Å². The highest BCUT2D eigenvalue weighted by molar-refractivity contribution is 5.87. The number of ether oxygens (including phenoxy) is 4. The maximum absolute atomic E-state index is 13.0. The third-order valence-electron chi connectivity index (χ3n) is 6.24. The molecule has 1 aliphatic carbocycles. The van der Waals surface area contributed by atoms with Gasteiger partial charge in [-0.25, -0.2) is 0 Å². The van der Waals surface area contributed by atoms with E-state index in [4.69, 9.17) is 24.1 Å². The van der Waals surface area contributed by atoms with Crippen molar-refractivity contribution in [2.24, 2.45) is 11.8 Å². The number of fused-ring (bicyclic) bond motifs is 1. The van der Waals surface area contributed by atoms with Crippen LogP contribution in [0.3, 0.4) is 0 Å². The van der Waals surface area contributed by atoms with E-state index < -0.39 is 59.8 Å². The normalized spacial score (nSPS) is 39.1. The van der Waals surface area contributed by atoms with Gasteiger partial charge in [-0.15, -0.1) is 0 Å². The molecule has 144 valence electrons. The van der Waals surface area contributed by atoms with Gasteiger partial charge in [-0.3, -0.25) is 14.4 Å². The first-order valence-corrected chi connectivity index (χ1v) is 9.39. The maximum Gasteiger partial charge on any atom is 0.313 e. The van der Waals surface area contributed by atoms with Gasteiger partial charge < -0.3 is 24.1 Å². The zero-order valence-corrected chi connectivity index (χ0v) is 14.7. The number of carbonyl (C=O) groups is 3. The number of aliphatic hydroxyl groups excluding tert-OH is 1. The van der Waals surface area contributed by atoms with Gasteiger partial charge in [0.25, 0.3) is 0 Å². The first-order valence-electron chi connectivity index (χ1n) is 9.39. The molecule has 0 aromatic heterocycles. The second-order valence-electron chi connectivity index (χ2n) is 7.61. The summed E-state index contributed by atoms with van der Waals surface area (Å²) in [6, 6.07) is 0. The van der Waals surface area contributed by atoms with Crippen LogP contribution in [-0.2, 0) is 33.3 Å². The van der Waals surface area contributed by atoms with Gasteiger partial charge in [0.2, 0.25) is 0 Å². The average molecular weight is 368 g/mol. The molecular weight excluding hydrogens is 344 g/mol. The lowest BCUT2D eigenvalue weighted by Crippen LogP contribution is -2.49. The number of esters is 3. The lowest BCUT2D eigenvalue weighted by atomic mass is 9.78.